The van der Waals surface area contributed by atoms with Crippen LogP contribution in [0.5, 0.6) is 0 Å². The van der Waals surface area contributed by atoms with Gasteiger partial charge in [-0.3, -0.25) is 4.18 Å². The SMILES string of the molecule is CS(=O)(=O)OCCCN[B]C=O. The minimum Gasteiger partial charge on any atom is -0.354 e. The van der Waals surface area contributed by atoms with E-state index in [1.165, 1.54) is 7.41 Å². The Kier molecular flexibility index (Phi) is 5.95. The minimum absolute atomic E-state index is 0.137. The summed E-state index contributed by atoms with van der Waals surface area (Å²) >= 11 is 0. The number of carbonyl (C=O) groups is 1. The van der Waals surface area contributed by atoms with Gasteiger partial charge in [0.1, 0.15) is 0 Å². The van der Waals surface area contributed by atoms with Gasteiger partial charge in [0.25, 0.3) is 17.5 Å². The van der Waals surface area contributed by atoms with E-state index in [2.05, 4.69) is 9.41 Å². The molecule has 0 saturated heterocycles. The standard InChI is InChI=1S/C5H11BNO4S/c1-12(9,10)11-4-2-3-7-6-5-8/h5,7H,2-4H2,1H3. The molecule has 0 aliphatic carbocycles. The number of rotatable bonds is 7. The van der Waals surface area contributed by atoms with Crippen LogP contribution in [-0.4, -0.2) is 41.4 Å². The third-order valence-electron chi connectivity index (χ3n) is 0.949. The van der Waals surface area contributed by atoms with Crippen LogP contribution in [0.1, 0.15) is 6.42 Å². The quantitative estimate of drug-likeness (QED) is 0.236. The van der Waals surface area contributed by atoms with E-state index in [0.29, 0.717) is 19.2 Å². The Morgan fingerprint density at radius 3 is 2.75 bits per heavy atom. The summed E-state index contributed by atoms with van der Waals surface area (Å²) in [5.74, 6) is 0. The zero-order chi connectivity index (χ0) is 9.45. The second-order valence-corrected chi connectivity index (χ2v) is 3.78. The molecule has 0 aromatic rings. The van der Waals surface area contributed by atoms with Crippen LogP contribution < -0.4 is 5.23 Å². The van der Waals surface area contributed by atoms with Gasteiger partial charge >= 0.3 is 0 Å². The molecule has 0 unspecified atom stereocenters. The highest BCUT2D eigenvalue weighted by Crippen LogP contribution is 1.87. The smallest absolute Gasteiger partial charge is 0.290 e. The topological polar surface area (TPSA) is 72.5 Å². The van der Waals surface area contributed by atoms with Gasteiger partial charge in [-0.2, -0.15) is 8.42 Å². The molecule has 1 N–H and O–H groups in total. The van der Waals surface area contributed by atoms with E-state index in [1.807, 2.05) is 0 Å². The molecule has 0 aromatic heterocycles. The monoisotopic (exact) mass is 192 g/mol. The Bertz CT molecular complexity index is 215. The van der Waals surface area contributed by atoms with Crippen molar-refractivity contribution in [2.75, 3.05) is 19.4 Å². The summed E-state index contributed by atoms with van der Waals surface area (Å²) in [6.45, 7) is 0.660. The van der Waals surface area contributed by atoms with Crippen molar-refractivity contribution in [3.63, 3.8) is 0 Å². The summed E-state index contributed by atoms with van der Waals surface area (Å²) in [7, 11) is -2.07. The van der Waals surface area contributed by atoms with Crippen LogP contribution in [0.4, 0.5) is 0 Å². The molecule has 0 spiro atoms. The van der Waals surface area contributed by atoms with Gasteiger partial charge < -0.3 is 10.0 Å². The van der Waals surface area contributed by atoms with Gasteiger partial charge in [0.2, 0.25) is 0 Å². The molecule has 0 heterocycles. The highest BCUT2D eigenvalue weighted by Gasteiger charge is 1.99. The summed E-state index contributed by atoms with van der Waals surface area (Å²) in [6.07, 6.45) is 2.16. The fourth-order valence-electron chi connectivity index (χ4n) is 0.516. The molecule has 0 fully saturated rings. The first-order valence-electron chi connectivity index (χ1n) is 3.41. The molecule has 69 valence electrons. The molecule has 0 aliphatic heterocycles. The van der Waals surface area contributed by atoms with Crippen molar-refractivity contribution in [1.82, 2.24) is 5.23 Å². The van der Waals surface area contributed by atoms with Gasteiger partial charge in [0.15, 0.2) is 0 Å². The summed E-state index contributed by atoms with van der Waals surface area (Å²) < 4.78 is 25.3. The van der Waals surface area contributed by atoms with Crippen LogP contribution in [0.25, 0.3) is 0 Å². The molecule has 0 aliphatic rings. The van der Waals surface area contributed by atoms with E-state index >= 15 is 0 Å². The number of hydrogen-bond acceptors (Lipinski definition) is 5. The predicted molar refractivity (Wildman–Crippen MR) is 45.9 cm³/mol. The van der Waals surface area contributed by atoms with Crippen molar-refractivity contribution in [3.8, 4) is 0 Å². The maximum absolute atomic E-state index is 10.4. The van der Waals surface area contributed by atoms with Crippen molar-refractivity contribution in [3.05, 3.63) is 0 Å². The van der Waals surface area contributed by atoms with Crippen molar-refractivity contribution in [1.29, 1.82) is 0 Å². The fourth-order valence-corrected chi connectivity index (χ4v) is 0.937. The lowest BCUT2D eigenvalue weighted by Crippen LogP contribution is -2.22. The Labute approximate surface area is 72.9 Å². The molecule has 5 nitrogen and oxygen atoms in total. The first kappa shape index (κ1) is 11.6. The molecule has 0 amide bonds. The van der Waals surface area contributed by atoms with E-state index in [-0.39, 0.29) is 6.61 Å². The second kappa shape index (κ2) is 6.16. The number of hydrogen-bond donors (Lipinski definition) is 1. The summed E-state index contributed by atoms with van der Waals surface area (Å²) in [6, 6.07) is 0. The van der Waals surface area contributed by atoms with Crippen molar-refractivity contribution in [2.45, 2.75) is 6.42 Å². The fraction of sp³-hybridized carbons (Fsp3) is 0.800. The molecule has 0 bridgehead atoms. The molecular weight excluding hydrogens is 181 g/mol. The second-order valence-electron chi connectivity index (χ2n) is 2.14. The molecule has 12 heavy (non-hydrogen) atoms. The molecule has 7 heteroatoms. The molecule has 1 radical (unpaired) electrons. The first-order chi connectivity index (χ1) is 5.56. The van der Waals surface area contributed by atoms with Crippen molar-refractivity contribution >= 4 is 23.7 Å². The van der Waals surface area contributed by atoms with Gasteiger partial charge in [0, 0.05) is 0 Å². The van der Waals surface area contributed by atoms with E-state index in [4.69, 9.17) is 0 Å². The average Bonchev–Trinajstić information content (AvgIpc) is 1.94. The van der Waals surface area contributed by atoms with Crippen LogP contribution in [-0.2, 0) is 19.1 Å². The lowest BCUT2D eigenvalue weighted by molar-refractivity contribution is 0.316. The lowest BCUT2D eigenvalue weighted by atomic mass is 9.99. The Morgan fingerprint density at radius 1 is 1.58 bits per heavy atom. The summed E-state index contributed by atoms with van der Waals surface area (Å²) in [5, 5.41) is 2.65. The van der Waals surface area contributed by atoms with Gasteiger partial charge in [-0.1, -0.05) is 0 Å². The van der Waals surface area contributed by atoms with Crippen LogP contribution in [0.2, 0.25) is 0 Å². The van der Waals surface area contributed by atoms with Crippen LogP contribution >= 0.6 is 0 Å². The Hall–Kier alpha value is -0.395. The maximum Gasteiger partial charge on any atom is 0.290 e. The third kappa shape index (κ3) is 9.60. The van der Waals surface area contributed by atoms with Gasteiger partial charge in [0.05, 0.1) is 19.0 Å². The van der Waals surface area contributed by atoms with Gasteiger partial charge in [-0.05, 0) is 13.0 Å². The lowest BCUT2D eigenvalue weighted by Gasteiger charge is -2.00. The average molecular weight is 192 g/mol. The minimum atomic E-state index is -3.32. The van der Waals surface area contributed by atoms with Crippen molar-refractivity contribution < 1.29 is 17.4 Å². The van der Waals surface area contributed by atoms with Gasteiger partial charge in [-0.15, -0.1) is 0 Å². The maximum atomic E-state index is 10.4. The highest BCUT2D eigenvalue weighted by molar-refractivity contribution is 7.85. The largest absolute Gasteiger partial charge is 0.354 e. The van der Waals surface area contributed by atoms with E-state index in [1.54, 1.807) is 0 Å². The zero-order valence-corrected chi connectivity index (χ0v) is 7.63. The van der Waals surface area contributed by atoms with Crippen molar-refractivity contribution in [2.24, 2.45) is 0 Å². The molecule has 0 rings (SSSR count). The molecule has 0 saturated carbocycles. The third-order valence-corrected chi connectivity index (χ3v) is 1.54. The normalized spacial score (nSPS) is 11.1. The number of nitrogens with one attached hydrogen (secondary N) is 1. The van der Waals surface area contributed by atoms with Gasteiger partial charge in [-0.25, -0.2) is 0 Å². The van der Waals surface area contributed by atoms with E-state index in [0.717, 1.165) is 6.26 Å². The highest BCUT2D eigenvalue weighted by atomic mass is 32.2. The molecule has 0 atom stereocenters. The summed E-state index contributed by atoms with van der Waals surface area (Å²) in [4.78, 5) is 9.75. The van der Waals surface area contributed by atoms with Crippen LogP contribution in [0, 0.1) is 0 Å². The van der Waals surface area contributed by atoms with E-state index in [9.17, 15) is 13.2 Å². The van der Waals surface area contributed by atoms with Crippen LogP contribution in [0.15, 0.2) is 0 Å². The van der Waals surface area contributed by atoms with Crippen LogP contribution in [0.3, 0.4) is 0 Å². The zero-order valence-electron chi connectivity index (χ0n) is 6.82. The molecule has 0 aromatic carbocycles. The molecular formula is C5H11BNO4S. The first-order valence-corrected chi connectivity index (χ1v) is 5.22. The van der Waals surface area contributed by atoms with E-state index < -0.39 is 10.1 Å². The summed E-state index contributed by atoms with van der Waals surface area (Å²) in [5.41, 5.74) is 0. The Balaban J connectivity index is 3.17. The Morgan fingerprint density at radius 2 is 2.25 bits per heavy atom. The predicted octanol–water partition coefficient (Wildman–Crippen LogP) is -1.25. The number of carbonyl (C=O) groups excluding carboxylic acids is 1.